The molecule has 0 spiro atoms. The number of rotatable bonds is 5. The number of benzene rings is 1. The third kappa shape index (κ3) is 4.41. The third-order valence-electron chi connectivity index (χ3n) is 3.86. The molecule has 7 heteroatoms. The first kappa shape index (κ1) is 19.0. The van der Waals surface area contributed by atoms with Gasteiger partial charge in [0.1, 0.15) is 5.69 Å². The predicted octanol–water partition coefficient (Wildman–Crippen LogP) is 3.52. The second-order valence-corrected chi connectivity index (χ2v) is 6.32. The van der Waals surface area contributed by atoms with E-state index in [4.69, 9.17) is 16.3 Å². The Labute approximate surface area is 151 Å². The highest BCUT2D eigenvalue weighted by Crippen LogP contribution is 2.25. The van der Waals surface area contributed by atoms with Gasteiger partial charge in [-0.05, 0) is 51.5 Å². The first-order valence-electron chi connectivity index (χ1n) is 7.85. The molecule has 6 nitrogen and oxygen atoms in total. The van der Waals surface area contributed by atoms with Crippen molar-refractivity contribution >= 4 is 29.2 Å². The summed E-state index contributed by atoms with van der Waals surface area (Å²) in [6.45, 7) is 6.60. The Morgan fingerprint density at radius 2 is 1.96 bits per heavy atom. The fourth-order valence-electron chi connectivity index (χ4n) is 2.68. The van der Waals surface area contributed by atoms with Crippen molar-refractivity contribution in [1.82, 2.24) is 4.98 Å². The molecule has 1 amide bonds. The van der Waals surface area contributed by atoms with Gasteiger partial charge < -0.3 is 20.1 Å². The van der Waals surface area contributed by atoms with Crippen LogP contribution in [0.5, 0.6) is 0 Å². The van der Waals surface area contributed by atoms with Crippen molar-refractivity contribution in [1.29, 1.82) is 0 Å². The number of halogens is 1. The molecule has 0 saturated carbocycles. The molecule has 1 heterocycles. The lowest BCUT2D eigenvalue weighted by molar-refractivity contribution is -0.123. The van der Waals surface area contributed by atoms with Crippen LogP contribution in [0.3, 0.4) is 0 Å². The van der Waals surface area contributed by atoms with Gasteiger partial charge in [-0.15, -0.1) is 0 Å². The molecule has 1 aromatic heterocycles. The second kappa shape index (κ2) is 7.72. The van der Waals surface area contributed by atoms with E-state index in [2.05, 4.69) is 10.3 Å². The van der Waals surface area contributed by atoms with E-state index in [1.165, 1.54) is 6.92 Å². The number of esters is 1. The molecular weight excluding hydrogens is 344 g/mol. The summed E-state index contributed by atoms with van der Waals surface area (Å²) in [6.07, 6.45) is -1.70. The number of H-pyrrole nitrogens is 1. The quantitative estimate of drug-likeness (QED) is 0.708. The van der Waals surface area contributed by atoms with Crippen molar-refractivity contribution in [3.8, 4) is 0 Å². The summed E-state index contributed by atoms with van der Waals surface area (Å²) in [5, 5.41) is 12.9. The van der Waals surface area contributed by atoms with E-state index < -0.39 is 24.1 Å². The Morgan fingerprint density at radius 1 is 1.28 bits per heavy atom. The number of aliphatic hydroxyl groups is 1. The van der Waals surface area contributed by atoms with E-state index in [0.717, 1.165) is 0 Å². The van der Waals surface area contributed by atoms with Crippen molar-refractivity contribution in [2.45, 2.75) is 39.9 Å². The van der Waals surface area contributed by atoms with Gasteiger partial charge in [-0.2, -0.15) is 0 Å². The van der Waals surface area contributed by atoms with E-state index in [-0.39, 0.29) is 5.69 Å². The van der Waals surface area contributed by atoms with Gasteiger partial charge in [-0.3, -0.25) is 4.79 Å². The zero-order chi connectivity index (χ0) is 18.7. The monoisotopic (exact) mass is 364 g/mol. The molecule has 25 heavy (non-hydrogen) atoms. The summed E-state index contributed by atoms with van der Waals surface area (Å²) in [4.78, 5) is 27.4. The standard InChI is InChI=1S/C18H21ClN2O4/c1-9-15(11(3)22)10(2)20-16(9)18(24)25-12(4)17(23)21-14-7-5-6-13(19)8-14/h5-8,11-12,20,22H,1-4H3,(H,21,23)/t11-,12+/m1/s1. The average Bonchev–Trinajstić information content (AvgIpc) is 2.82. The summed E-state index contributed by atoms with van der Waals surface area (Å²) in [5.41, 5.74) is 2.71. The number of aryl methyl sites for hydroxylation is 1. The molecular formula is C18H21ClN2O4. The van der Waals surface area contributed by atoms with Crippen LogP contribution in [0.2, 0.25) is 5.02 Å². The van der Waals surface area contributed by atoms with Crippen molar-refractivity contribution in [2.75, 3.05) is 5.32 Å². The number of aromatic nitrogens is 1. The Bertz CT molecular complexity index is 798. The lowest BCUT2D eigenvalue weighted by atomic mass is 10.1. The maximum absolute atomic E-state index is 12.3. The molecule has 0 unspecified atom stereocenters. The van der Waals surface area contributed by atoms with Crippen molar-refractivity contribution in [2.24, 2.45) is 0 Å². The van der Waals surface area contributed by atoms with E-state index in [9.17, 15) is 14.7 Å². The first-order chi connectivity index (χ1) is 11.7. The van der Waals surface area contributed by atoms with Crippen LogP contribution in [0, 0.1) is 13.8 Å². The normalized spacial score (nSPS) is 13.2. The summed E-state index contributed by atoms with van der Waals surface area (Å²) >= 11 is 5.87. The van der Waals surface area contributed by atoms with Gasteiger partial charge in [0, 0.05) is 22.0 Å². The summed E-state index contributed by atoms with van der Waals surface area (Å²) in [7, 11) is 0. The molecule has 0 saturated heterocycles. The minimum Gasteiger partial charge on any atom is -0.448 e. The van der Waals surface area contributed by atoms with E-state index in [0.29, 0.717) is 27.5 Å². The number of aliphatic hydroxyl groups excluding tert-OH is 1. The SMILES string of the molecule is Cc1[nH]c(C(=O)O[C@@H](C)C(=O)Nc2cccc(Cl)c2)c(C)c1[C@@H](C)O. The van der Waals surface area contributed by atoms with Crippen molar-refractivity contribution in [3.05, 3.63) is 51.8 Å². The van der Waals surface area contributed by atoms with Crippen molar-refractivity contribution < 1.29 is 19.4 Å². The summed E-state index contributed by atoms with van der Waals surface area (Å²) in [5.74, 6) is -1.12. The molecule has 2 atom stereocenters. The number of nitrogens with one attached hydrogen (secondary N) is 2. The summed E-state index contributed by atoms with van der Waals surface area (Å²) in [6, 6.07) is 6.68. The lowest BCUT2D eigenvalue weighted by Crippen LogP contribution is -2.30. The van der Waals surface area contributed by atoms with Crippen LogP contribution in [0.4, 0.5) is 5.69 Å². The molecule has 2 rings (SSSR count). The molecule has 0 aliphatic carbocycles. The maximum Gasteiger partial charge on any atom is 0.355 e. The van der Waals surface area contributed by atoms with Gasteiger partial charge in [0.25, 0.3) is 5.91 Å². The Balaban J connectivity index is 2.07. The number of anilines is 1. The van der Waals surface area contributed by atoms with Gasteiger partial charge in [0.15, 0.2) is 6.10 Å². The Kier molecular flexibility index (Phi) is 5.87. The fraction of sp³-hybridized carbons (Fsp3) is 0.333. The maximum atomic E-state index is 12.3. The lowest BCUT2D eigenvalue weighted by Gasteiger charge is -2.13. The molecule has 3 N–H and O–H groups in total. The molecule has 134 valence electrons. The fourth-order valence-corrected chi connectivity index (χ4v) is 2.87. The minimum atomic E-state index is -0.996. The van der Waals surface area contributed by atoms with E-state index >= 15 is 0 Å². The zero-order valence-corrected chi connectivity index (χ0v) is 15.3. The first-order valence-corrected chi connectivity index (χ1v) is 8.23. The van der Waals surface area contributed by atoms with Crippen LogP contribution in [0.15, 0.2) is 24.3 Å². The highest BCUT2D eigenvalue weighted by atomic mass is 35.5. The number of ether oxygens (including phenoxy) is 1. The van der Waals surface area contributed by atoms with Crippen LogP contribution < -0.4 is 5.32 Å². The topological polar surface area (TPSA) is 91.4 Å². The highest BCUT2D eigenvalue weighted by molar-refractivity contribution is 6.30. The van der Waals surface area contributed by atoms with Gasteiger partial charge in [0.05, 0.1) is 6.10 Å². The molecule has 2 aromatic rings. The van der Waals surface area contributed by atoms with Gasteiger partial charge in [0.2, 0.25) is 0 Å². The number of hydrogen-bond acceptors (Lipinski definition) is 4. The summed E-state index contributed by atoms with van der Waals surface area (Å²) < 4.78 is 5.23. The number of amides is 1. The van der Waals surface area contributed by atoms with E-state index in [1.54, 1.807) is 45.0 Å². The smallest absolute Gasteiger partial charge is 0.355 e. The molecule has 0 aliphatic heterocycles. The van der Waals surface area contributed by atoms with Crippen LogP contribution in [0.25, 0.3) is 0 Å². The average molecular weight is 365 g/mol. The minimum absolute atomic E-state index is 0.232. The second-order valence-electron chi connectivity index (χ2n) is 5.89. The number of carbonyl (C=O) groups is 2. The highest BCUT2D eigenvalue weighted by Gasteiger charge is 2.24. The van der Waals surface area contributed by atoms with Gasteiger partial charge in [-0.25, -0.2) is 4.79 Å². The molecule has 0 radical (unpaired) electrons. The number of carbonyl (C=O) groups excluding carboxylic acids is 2. The zero-order valence-electron chi connectivity index (χ0n) is 14.5. The van der Waals surface area contributed by atoms with Crippen molar-refractivity contribution in [3.63, 3.8) is 0 Å². The van der Waals surface area contributed by atoms with Gasteiger partial charge >= 0.3 is 5.97 Å². The van der Waals surface area contributed by atoms with Crippen LogP contribution >= 0.6 is 11.6 Å². The molecule has 1 aromatic carbocycles. The van der Waals surface area contributed by atoms with Gasteiger partial charge in [-0.1, -0.05) is 17.7 Å². The Hall–Kier alpha value is -2.31. The number of hydrogen-bond donors (Lipinski definition) is 3. The third-order valence-corrected chi connectivity index (χ3v) is 4.10. The predicted molar refractivity (Wildman–Crippen MR) is 95.9 cm³/mol. The molecule has 0 aliphatic rings. The van der Waals surface area contributed by atoms with Crippen LogP contribution in [-0.4, -0.2) is 28.1 Å². The molecule has 0 bridgehead atoms. The Morgan fingerprint density at radius 3 is 2.52 bits per heavy atom. The van der Waals surface area contributed by atoms with Crippen LogP contribution in [-0.2, 0) is 9.53 Å². The largest absolute Gasteiger partial charge is 0.448 e. The molecule has 0 fully saturated rings. The van der Waals surface area contributed by atoms with Crippen LogP contribution in [0.1, 0.15) is 47.3 Å². The van der Waals surface area contributed by atoms with E-state index in [1.807, 2.05) is 0 Å². The number of aromatic amines is 1.